The van der Waals surface area contributed by atoms with Crippen molar-refractivity contribution < 1.29 is 19.1 Å². The lowest BCUT2D eigenvalue weighted by Crippen LogP contribution is -2.32. The Hall–Kier alpha value is -2.73. The van der Waals surface area contributed by atoms with Crippen LogP contribution in [0.25, 0.3) is 0 Å². The van der Waals surface area contributed by atoms with Gasteiger partial charge in [-0.15, -0.1) is 0 Å². The molecule has 0 spiro atoms. The van der Waals surface area contributed by atoms with Gasteiger partial charge in [0.15, 0.2) is 11.5 Å². The summed E-state index contributed by atoms with van der Waals surface area (Å²) in [6.07, 6.45) is 0.153. The number of hydrogen-bond donors (Lipinski definition) is 1. The lowest BCUT2D eigenvalue weighted by atomic mass is 10.2. The van der Waals surface area contributed by atoms with E-state index < -0.39 is 0 Å². The van der Waals surface area contributed by atoms with E-state index >= 15 is 0 Å². The third kappa shape index (κ3) is 4.46. The molecule has 0 aliphatic carbocycles. The van der Waals surface area contributed by atoms with E-state index in [1.807, 2.05) is 0 Å². The van der Waals surface area contributed by atoms with Crippen molar-refractivity contribution in [3.05, 3.63) is 47.5 Å². The van der Waals surface area contributed by atoms with Gasteiger partial charge in [0.25, 0.3) is 0 Å². The molecule has 7 heteroatoms. The first-order valence-electron chi connectivity index (χ1n) is 8.26. The van der Waals surface area contributed by atoms with Gasteiger partial charge in [-0.2, -0.15) is 0 Å². The molecule has 1 aliphatic rings. The van der Waals surface area contributed by atoms with Gasteiger partial charge in [-0.3, -0.25) is 9.59 Å². The number of carbonyl (C=O) groups excluding carboxylic acids is 2. The second kappa shape index (κ2) is 8.10. The van der Waals surface area contributed by atoms with Crippen LogP contribution >= 0.6 is 11.6 Å². The molecule has 0 aromatic heterocycles. The fourth-order valence-electron chi connectivity index (χ4n) is 2.67. The molecule has 2 aromatic rings. The van der Waals surface area contributed by atoms with Crippen LogP contribution in [0.15, 0.2) is 42.5 Å². The van der Waals surface area contributed by atoms with Crippen molar-refractivity contribution in [3.63, 3.8) is 0 Å². The molecule has 0 radical (unpaired) electrons. The first kappa shape index (κ1) is 18.1. The standard InChI is InChI=1S/C19H19ClN2O4/c1-13(23)22(16-5-6-17-18(12-16)26-10-9-25-17)8-7-19(24)21-15-4-2-3-14(20)11-15/h2-6,11-12H,7-10H2,1H3,(H,21,24). The van der Waals surface area contributed by atoms with E-state index in [2.05, 4.69) is 5.32 Å². The largest absolute Gasteiger partial charge is 0.486 e. The molecule has 1 aliphatic heterocycles. The van der Waals surface area contributed by atoms with Gasteiger partial charge in [0.05, 0.1) is 0 Å². The van der Waals surface area contributed by atoms with Gasteiger partial charge in [0.1, 0.15) is 13.2 Å². The van der Waals surface area contributed by atoms with Crippen LogP contribution in [0.1, 0.15) is 13.3 Å². The van der Waals surface area contributed by atoms with Gasteiger partial charge in [-0.05, 0) is 30.3 Å². The predicted octanol–water partition coefficient (Wildman–Crippen LogP) is 3.49. The number of carbonyl (C=O) groups is 2. The number of nitrogens with zero attached hydrogens (tertiary/aromatic N) is 1. The summed E-state index contributed by atoms with van der Waals surface area (Å²) in [5.74, 6) is 0.902. The first-order chi connectivity index (χ1) is 12.5. The molecule has 0 fully saturated rings. The zero-order valence-electron chi connectivity index (χ0n) is 14.3. The number of rotatable bonds is 5. The molecule has 0 atom stereocenters. The van der Waals surface area contributed by atoms with E-state index in [4.69, 9.17) is 21.1 Å². The molecule has 2 aromatic carbocycles. The SMILES string of the molecule is CC(=O)N(CCC(=O)Nc1cccc(Cl)c1)c1ccc2c(c1)OCCO2. The summed E-state index contributed by atoms with van der Waals surface area (Å²) in [5.41, 5.74) is 1.29. The average Bonchev–Trinajstić information content (AvgIpc) is 2.61. The number of anilines is 2. The molecule has 0 saturated carbocycles. The van der Waals surface area contributed by atoms with Gasteiger partial charge in [-0.1, -0.05) is 17.7 Å². The van der Waals surface area contributed by atoms with Crippen LogP contribution < -0.4 is 19.7 Å². The average molecular weight is 375 g/mol. The number of ether oxygens (including phenoxy) is 2. The monoisotopic (exact) mass is 374 g/mol. The minimum absolute atomic E-state index is 0.153. The second-order valence-corrected chi connectivity index (χ2v) is 6.24. The quantitative estimate of drug-likeness (QED) is 0.869. The Morgan fingerprint density at radius 1 is 1.12 bits per heavy atom. The molecule has 0 bridgehead atoms. The van der Waals surface area contributed by atoms with E-state index in [0.29, 0.717) is 41.1 Å². The molecule has 1 heterocycles. The highest BCUT2D eigenvalue weighted by atomic mass is 35.5. The predicted molar refractivity (Wildman–Crippen MR) is 100 cm³/mol. The van der Waals surface area contributed by atoms with Gasteiger partial charge < -0.3 is 19.7 Å². The molecule has 0 saturated heterocycles. The van der Waals surface area contributed by atoms with Crippen molar-refractivity contribution in [2.75, 3.05) is 30.0 Å². The van der Waals surface area contributed by atoms with Crippen molar-refractivity contribution in [1.82, 2.24) is 0 Å². The van der Waals surface area contributed by atoms with E-state index in [0.717, 1.165) is 0 Å². The second-order valence-electron chi connectivity index (χ2n) is 5.81. The van der Waals surface area contributed by atoms with Crippen LogP contribution in [-0.4, -0.2) is 31.6 Å². The fourth-order valence-corrected chi connectivity index (χ4v) is 2.86. The van der Waals surface area contributed by atoms with Crippen molar-refractivity contribution in [2.24, 2.45) is 0 Å². The van der Waals surface area contributed by atoms with Crippen LogP contribution in [-0.2, 0) is 9.59 Å². The summed E-state index contributed by atoms with van der Waals surface area (Å²) in [7, 11) is 0. The first-order valence-corrected chi connectivity index (χ1v) is 8.64. The Kier molecular flexibility index (Phi) is 5.63. The lowest BCUT2D eigenvalue weighted by molar-refractivity contribution is -0.117. The van der Waals surface area contributed by atoms with Crippen LogP contribution in [0.4, 0.5) is 11.4 Å². The third-order valence-corrected chi connectivity index (χ3v) is 4.12. The van der Waals surface area contributed by atoms with Crippen LogP contribution in [0.5, 0.6) is 11.5 Å². The molecule has 136 valence electrons. The minimum atomic E-state index is -0.198. The van der Waals surface area contributed by atoms with Crippen molar-refractivity contribution in [1.29, 1.82) is 0 Å². The number of nitrogens with one attached hydrogen (secondary N) is 1. The number of fused-ring (bicyclic) bond motifs is 1. The Morgan fingerprint density at radius 2 is 1.88 bits per heavy atom. The fraction of sp³-hybridized carbons (Fsp3) is 0.263. The van der Waals surface area contributed by atoms with Crippen LogP contribution in [0.2, 0.25) is 5.02 Å². The molecular weight excluding hydrogens is 356 g/mol. The highest BCUT2D eigenvalue weighted by Gasteiger charge is 2.18. The molecule has 2 amide bonds. The van der Waals surface area contributed by atoms with Crippen LogP contribution in [0.3, 0.4) is 0 Å². The van der Waals surface area contributed by atoms with Crippen LogP contribution in [0, 0.1) is 0 Å². The summed E-state index contributed by atoms with van der Waals surface area (Å²) in [4.78, 5) is 25.7. The minimum Gasteiger partial charge on any atom is -0.486 e. The van der Waals surface area contributed by atoms with Crippen molar-refractivity contribution in [3.8, 4) is 11.5 Å². The Balaban J connectivity index is 1.65. The highest BCUT2D eigenvalue weighted by molar-refractivity contribution is 6.30. The molecular formula is C19H19ClN2O4. The maximum atomic E-state index is 12.2. The van der Waals surface area contributed by atoms with Gasteiger partial charge >= 0.3 is 0 Å². The Labute approximate surface area is 156 Å². The Bertz CT molecular complexity index is 825. The molecule has 3 rings (SSSR count). The van der Waals surface area contributed by atoms with Gasteiger partial charge in [0.2, 0.25) is 11.8 Å². The summed E-state index contributed by atoms with van der Waals surface area (Å²) in [5, 5.41) is 3.32. The molecule has 1 N–H and O–H groups in total. The summed E-state index contributed by atoms with van der Waals surface area (Å²) in [6.45, 7) is 2.69. The lowest BCUT2D eigenvalue weighted by Gasteiger charge is -2.24. The number of benzene rings is 2. The number of halogens is 1. The maximum absolute atomic E-state index is 12.2. The topological polar surface area (TPSA) is 67.9 Å². The zero-order chi connectivity index (χ0) is 18.5. The van der Waals surface area contributed by atoms with E-state index in [-0.39, 0.29) is 24.8 Å². The number of hydrogen-bond acceptors (Lipinski definition) is 4. The van der Waals surface area contributed by atoms with Gasteiger partial charge in [-0.25, -0.2) is 0 Å². The molecule has 6 nitrogen and oxygen atoms in total. The molecule has 26 heavy (non-hydrogen) atoms. The Morgan fingerprint density at radius 3 is 2.62 bits per heavy atom. The third-order valence-electron chi connectivity index (χ3n) is 3.89. The molecule has 0 unspecified atom stereocenters. The normalized spacial score (nSPS) is 12.4. The van der Waals surface area contributed by atoms with E-state index in [1.54, 1.807) is 42.5 Å². The van der Waals surface area contributed by atoms with Gasteiger partial charge in [0, 0.05) is 42.4 Å². The highest BCUT2D eigenvalue weighted by Crippen LogP contribution is 2.34. The van der Waals surface area contributed by atoms with E-state index in [9.17, 15) is 9.59 Å². The smallest absolute Gasteiger partial charge is 0.226 e. The van der Waals surface area contributed by atoms with Crippen molar-refractivity contribution >= 4 is 34.8 Å². The summed E-state index contributed by atoms with van der Waals surface area (Å²) < 4.78 is 11.0. The zero-order valence-corrected chi connectivity index (χ0v) is 15.1. The summed E-state index contributed by atoms with van der Waals surface area (Å²) in [6, 6.07) is 12.2. The maximum Gasteiger partial charge on any atom is 0.226 e. The van der Waals surface area contributed by atoms with Crippen molar-refractivity contribution in [2.45, 2.75) is 13.3 Å². The van der Waals surface area contributed by atoms with E-state index in [1.165, 1.54) is 11.8 Å². The number of amides is 2. The summed E-state index contributed by atoms with van der Waals surface area (Å²) >= 11 is 5.91.